The highest BCUT2D eigenvalue weighted by atomic mass is 19.1. The Labute approximate surface area is 193 Å². The third-order valence-electron chi connectivity index (χ3n) is 7.03. The molecule has 2 N–H and O–H groups in total. The van der Waals surface area contributed by atoms with Crippen LogP contribution in [-0.2, 0) is 0 Å². The van der Waals surface area contributed by atoms with Crippen molar-refractivity contribution in [2.24, 2.45) is 0 Å². The maximum atomic E-state index is 15.7. The molecule has 2 atom stereocenters. The molecule has 0 radical (unpaired) electrons. The molecule has 0 amide bonds. The van der Waals surface area contributed by atoms with E-state index < -0.39 is 23.3 Å². The number of hydrogen-bond acceptors (Lipinski definition) is 6. The Morgan fingerprint density at radius 2 is 1.97 bits per heavy atom. The van der Waals surface area contributed by atoms with Gasteiger partial charge < -0.3 is 10.5 Å². The van der Waals surface area contributed by atoms with Crippen LogP contribution in [0.4, 0.5) is 19.0 Å². The van der Waals surface area contributed by atoms with Crippen molar-refractivity contribution in [1.82, 2.24) is 19.9 Å². The number of halogens is 3. The van der Waals surface area contributed by atoms with E-state index in [4.69, 9.17) is 10.5 Å². The van der Waals surface area contributed by atoms with Gasteiger partial charge in [-0.3, -0.25) is 9.88 Å². The highest BCUT2D eigenvalue weighted by Crippen LogP contribution is 2.40. The first-order valence-electron chi connectivity index (χ1n) is 11.3. The smallest absolute Gasteiger partial charge is 0.319 e. The summed E-state index contributed by atoms with van der Waals surface area (Å²) in [6.07, 6.45) is 2.69. The zero-order valence-corrected chi connectivity index (χ0v) is 18.3. The summed E-state index contributed by atoms with van der Waals surface area (Å²) in [6.45, 7) is 1.43. The molecular weight excluding hydrogens is 443 g/mol. The average molecular weight is 465 g/mol. The molecule has 2 fully saturated rings. The van der Waals surface area contributed by atoms with E-state index in [9.17, 15) is 8.78 Å². The van der Waals surface area contributed by atoms with Crippen LogP contribution < -0.4 is 10.5 Å². The molecule has 0 spiro atoms. The van der Waals surface area contributed by atoms with Crippen LogP contribution >= 0.6 is 0 Å². The molecule has 4 aromatic rings. The summed E-state index contributed by atoms with van der Waals surface area (Å²) in [5.74, 6) is -1.18. The first-order valence-corrected chi connectivity index (χ1v) is 11.3. The van der Waals surface area contributed by atoms with E-state index in [1.807, 2.05) is 0 Å². The van der Waals surface area contributed by atoms with E-state index in [0.29, 0.717) is 23.9 Å². The van der Waals surface area contributed by atoms with Crippen LogP contribution in [0.1, 0.15) is 19.3 Å². The minimum atomic E-state index is -0.890. The lowest BCUT2D eigenvalue weighted by Gasteiger charge is -2.30. The standard InChI is InChI=1S/C25H22F3N5O/c26-15-10-25(8-3-9-33(25)12-15)13-34-24-31-22-17(23(29)32-24)11-30-21(20(22)28)16-6-1-4-14-5-2-7-18(27)19(14)16/h1-2,4-7,11,15H,3,8-10,12-13H2,(H2,29,31,32)/t15-,25+/m1/s1. The van der Waals surface area contributed by atoms with E-state index in [0.717, 1.165) is 19.4 Å². The molecule has 6 nitrogen and oxygen atoms in total. The number of pyridine rings is 1. The fraction of sp³-hybridized carbons (Fsp3) is 0.320. The summed E-state index contributed by atoms with van der Waals surface area (Å²) < 4.78 is 50.3. The Kier molecular flexibility index (Phi) is 4.84. The van der Waals surface area contributed by atoms with Gasteiger partial charge in [-0.05, 0) is 30.8 Å². The Morgan fingerprint density at radius 1 is 1.15 bits per heavy atom. The molecule has 4 heterocycles. The summed E-state index contributed by atoms with van der Waals surface area (Å²) in [5, 5.41) is 1.14. The van der Waals surface area contributed by atoms with Gasteiger partial charge >= 0.3 is 6.01 Å². The monoisotopic (exact) mass is 465 g/mol. The lowest BCUT2D eigenvalue weighted by molar-refractivity contribution is 0.107. The normalized spacial score (nSPS) is 22.5. The highest BCUT2D eigenvalue weighted by Gasteiger charge is 2.49. The van der Waals surface area contributed by atoms with Crippen LogP contribution in [-0.4, -0.2) is 51.3 Å². The molecule has 2 aromatic heterocycles. The van der Waals surface area contributed by atoms with E-state index in [-0.39, 0.29) is 40.4 Å². The van der Waals surface area contributed by atoms with Crippen molar-refractivity contribution in [1.29, 1.82) is 0 Å². The molecule has 0 unspecified atom stereocenters. The van der Waals surface area contributed by atoms with Crippen LogP contribution in [0, 0.1) is 11.6 Å². The van der Waals surface area contributed by atoms with Crippen LogP contribution in [0.2, 0.25) is 0 Å². The quantitative estimate of drug-likeness (QED) is 0.472. The third-order valence-corrected chi connectivity index (χ3v) is 7.03. The van der Waals surface area contributed by atoms with Crippen molar-refractivity contribution in [2.75, 3.05) is 25.4 Å². The molecule has 0 aliphatic carbocycles. The SMILES string of the molecule is Nc1nc(OC[C@@]23CCCN2C[C@H](F)C3)nc2c(F)c(-c3cccc4cccc(F)c34)ncc12. The molecule has 2 aliphatic rings. The van der Waals surface area contributed by atoms with Gasteiger partial charge in [0.15, 0.2) is 5.82 Å². The van der Waals surface area contributed by atoms with E-state index >= 15 is 4.39 Å². The minimum Gasteiger partial charge on any atom is -0.461 e. The predicted molar refractivity (Wildman–Crippen MR) is 123 cm³/mol. The second kappa shape index (κ2) is 7.80. The molecule has 174 valence electrons. The Bertz CT molecular complexity index is 1430. The lowest BCUT2D eigenvalue weighted by Crippen LogP contribution is -2.43. The van der Waals surface area contributed by atoms with Crippen molar-refractivity contribution < 1.29 is 17.9 Å². The van der Waals surface area contributed by atoms with Crippen molar-refractivity contribution in [3.05, 3.63) is 54.2 Å². The molecule has 2 saturated heterocycles. The average Bonchev–Trinajstić information content (AvgIpc) is 3.34. The summed E-state index contributed by atoms with van der Waals surface area (Å²) in [5.41, 5.74) is 5.90. The number of alkyl halides is 1. The fourth-order valence-electron chi connectivity index (χ4n) is 5.45. The molecule has 6 rings (SSSR count). The maximum Gasteiger partial charge on any atom is 0.319 e. The zero-order chi connectivity index (χ0) is 23.4. The Balaban J connectivity index is 1.41. The second-order valence-electron chi connectivity index (χ2n) is 9.08. The number of nitrogens with two attached hydrogens (primary N) is 1. The summed E-state index contributed by atoms with van der Waals surface area (Å²) in [6, 6.07) is 9.70. The predicted octanol–water partition coefficient (Wildman–Crippen LogP) is 4.66. The molecule has 2 aliphatic heterocycles. The topological polar surface area (TPSA) is 77.2 Å². The zero-order valence-electron chi connectivity index (χ0n) is 18.3. The van der Waals surface area contributed by atoms with Crippen LogP contribution in [0.25, 0.3) is 32.9 Å². The molecule has 0 bridgehead atoms. The Hall–Kier alpha value is -3.46. The van der Waals surface area contributed by atoms with Crippen molar-refractivity contribution in [3.8, 4) is 17.3 Å². The number of aromatic nitrogens is 3. The van der Waals surface area contributed by atoms with E-state index in [2.05, 4.69) is 19.9 Å². The van der Waals surface area contributed by atoms with Gasteiger partial charge in [-0.2, -0.15) is 9.97 Å². The number of ether oxygens (including phenoxy) is 1. The molecule has 34 heavy (non-hydrogen) atoms. The van der Waals surface area contributed by atoms with Gasteiger partial charge in [-0.15, -0.1) is 0 Å². The number of benzene rings is 2. The van der Waals surface area contributed by atoms with Gasteiger partial charge in [0.25, 0.3) is 0 Å². The van der Waals surface area contributed by atoms with Crippen LogP contribution in [0.15, 0.2) is 42.6 Å². The number of anilines is 1. The van der Waals surface area contributed by atoms with Crippen LogP contribution in [0.5, 0.6) is 6.01 Å². The van der Waals surface area contributed by atoms with Gasteiger partial charge in [-0.1, -0.05) is 30.3 Å². The number of hydrogen-bond donors (Lipinski definition) is 1. The minimum absolute atomic E-state index is 0.0256. The van der Waals surface area contributed by atoms with Gasteiger partial charge in [0.05, 0.1) is 10.9 Å². The van der Waals surface area contributed by atoms with E-state index in [1.54, 1.807) is 30.3 Å². The van der Waals surface area contributed by atoms with Crippen molar-refractivity contribution in [3.63, 3.8) is 0 Å². The number of nitrogens with zero attached hydrogens (tertiary/aromatic N) is 4. The van der Waals surface area contributed by atoms with Gasteiger partial charge in [0, 0.05) is 30.1 Å². The largest absolute Gasteiger partial charge is 0.461 e. The van der Waals surface area contributed by atoms with Crippen molar-refractivity contribution in [2.45, 2.75) is 31.0 Å². The van der Waals surface area contributed by atoms with Gasteiger partial charge in [0.2, 0.25) is 0 Å². The first kappa shape index (κ1) is 21.1. The fourth-order valence-corrected chi connectivity index (χ4v) is 5.45. The second-order valence-corrected chi connectivity index (χ2v) is 9.08. The number of fused-ring (bicyclic) bond motifs is 3. The molecule has 0 saturated carbocycles. The van der Waals surface area contributed by atoms with Crippen molar-refractivity contribution >= 4 is 27.5 Å². The number of nitrogen functional groups attached to an aromatic ring is 1. The molecule has 2 aromatic carbocycles. The highest BCUT2D eigenvalue weighted by molar-refractivity contribution is 5.99. The van der Waals surface area contributed by atoms with E-state index in [1.165, 1.54) is 12.3 Å². The summed E-state index contributed by atoms with van der Waals surface area (Å²) in [7, 11) is 0. The Morgan fingerprint density at radius 3 is 2.82 bits per heavy atom. The van der Waals surface area contributed by atoms with Gasteiger partial charge in [0.1, 0.15) is 35.6 Å². The van der Waals surface area contributed by atoms with Gasteiger partial charge in [-0.25, -0.2) is 13.2 Å². The molecule has 9 heteroatoms. The lowest BCUT2D eigenvalue weighted by atomic mass is 9.95. The first-order chi connectivity index (χ1) is 16.4. The molecular formula is C25H22F3N5O. The van der Waals surface area contributed by atoms with Crippen LogP contribution in [0.3, 0.4) is 0 Å². The summed E-state index contributed by atoms with van der Waals surface area (Å²) >= 11 is 0. The third kappa shape index (κ3) is 3.26. The number of rotatable bonds is 4. The summed E-state index contributed by atoms with van der Waals surface area (Å²) in [4.78, 5) is 14.8. The maximum absolute atomic E-state index is 15.7.